The highest BCUT2D eigenvalue weighted by Gasteiger charge is 2.20. The van der Waals surface area contributed by atoms with Gasteiger partial charge in [-0.2, -0.15) is 0 Å². The first-order valence-corrected chi connectivity index (χ1v) is 6.67. The molecule has 0 saturated carbocycles. The monoisotopic (exact) mass is 238 g/mol. The van der Waals surface area contributed by atoms with Crippen molar-refractivity contribution in [3.8, 4) is 0 Å². The lowest BCUT2D eigenvalue weighted by Gasteiger charge is -2.11. The number of amidine groups is 1. The summed E-state index contributed by atoms with van der Waals surface area (Å²) in [5.41, 5.74) is 1.13. The van der Waals surface area contributed by atoms with Gasteiger partial charge in [0.15, 0.2) is 5.17 Å². The first-order chi connectivity index (χ1) is 7.74. The number of aliphatic imine (C=N–C) groups is 1. The molecule has 0 aliphatic carbocycles. The molecule has 1 atom stereocenters. The fraction of sp³-hybridized carbons (Fsp3) is 0.583. The Hall–Kier alpha value is -0.900. The van der Waals surface area contributed by atoms with Gasteiger partial charge >= 0.3 is 0 Å². The van der Waals surface area contributed by atoms with Gasteiger partial charge in [0.25, 0.3) is 0 Å². The molecule has 16 heavy (non-hydrogen) atoms. The Morgan fingerprint density at radius 2 is 2.50 bits per heavy atom. The van der Waals surface area contributed by atoms with E-state index in [1.54, 1.807) is 12.5 Å². The molecular formula is C12H18N2OS. The lowest BCUT2D eigenvalue weighted by atomic mass is 10.1. The second-order valence-electron chi connectivity index (χ2n) is 4.53. The van der Waals surface area contributed by atoms with Gasteiger partial charge in [0, 0.05) is 17.4 Å². The number of nitrogens with one attached hydrogen (secondary N) is 1. The molecule has 0 bridgehead atoms. The first-order valence-electron chi connectivity index (χ1n) is 5.69. The number of furan rings is 1. The zero-order valence-electron chi connectivity index (χ0n) is 9.77. The third-order valence-electron chi connectivity index (χ3n) is 2.49. The van der Waals surface area contributed by atoms with Crippen LogP contribution in [0.3, 0.4) is 0 Å². The SMILES string of the molecule is CC(C)CC1CSC(=NCc2ccoc2)N1. The van der Waals surface area contributed by atoms with E-state index in [-0.39, 0.29) is 0 Å². The molecule has 1 N–H and O–H groups in total. The number of rotatable bonds is 4. The summed E-state index contributed by atoms with van der Waals surface area (Å²) in [5.74, 6) is 1.88. The van der Waals surface area contributed by atoms with Crippen molar-refractivity contribution in [3.63, 3.8) is 0 Å². The predicted molar refractivity (Wildman–Crippen MR) is 68.7 cm³/mol. The minimum absolute atomic E-state index is 0.591. The summed E-state index contributed by atoms with van der Waals surface area (Å²) in [4.78, 5) is 4.53. The molecule has 1 aromatic rings. The van der Waals surface area contributed by atoms with Crippen molar-refractivity contribution in [2.75, 3.05) is 5.75 Å². The van der Waals surface area contributed by atoms with E-state index in [0.717, 1.165) is 22.4 Å². The average Bonchev–Trinajstić information content (AvgIpc) is 2.84. The Bertz CT molecular complexity index is 346. The molecule has 2 rings (SSSR count). The van der Waals surface area contributed by atoms with E-state index in [1.807, 2.05) is 17.8 Å². The molecule has 1 saturated heterocycles. The first kappa shape index (κ1) is 11.6. The summed E-state index contributed by atoms with van der Waals surface area (Å²) in [5, 5.41) is 4.54. The van der Waals surface area contributed by atoms with Crippen LogP contribution in [0.15, 0.2) is 28.0 Å². The van der Waals surface area contributed by atoms with Crippen LogP contribution >= 0.6 is 11.8 Å². The second-order valence-corrected chi connectivity index (χ2v) is 5.54. The van der Waals surface area contributed by atoms with Crippen LogP contribution in [0.2, 0.25) is 0 Å². The van der Waals surface area contributed by atoms with Gasteiger partial charge in [-0.25, -0.2) is 0 Å². The van der Waals surface area contributed by atoms with Gasteiger partial charge in [0.05, 0.1) is 19.1 Å². The smallest absolute Gasteiger partial charge is 0.157 e. The molecule has 0 amide bonds. The van der Waals surface area contributed by atoms with Crippen LogP contribution in [-0.4, -0.2) is 17.0 Å². The summed E-state index contributed by atoms with van der Waals surface area (Å²) in [6.07, 6.45) is 4.65. The maximum absolute atomic E-state index is 5.01. The normalized spacial score (nSPS) is 22.9. The topological polar surface area (TPSA) is 37.5 Å². The van der Waals surface area contributed by atoms with Gasteiger partial charge < -0.3 is 9.73 Å². The van der Waals surface area contributed by atoms with E-state index in [1.165, 1.54) is 6.42 Å². The number of hydrogen-bond acceptors (Lipinski definition) is 3. The van der Waals surface area contributed by atoms with E-state index < -0.39 is 0 Å². The maximum Gasteiger partial charge on any atom is 0.157 e. The molecule has 1 aliphatic heterocycles. The van der Waals surface area contributed by atoms with Crippen molar-refractivity contribution in [1.82, 2.24) is 5.32 Å². The quantitative estimate of drug-likeness (QED) is 0.876. The summed E-state index contributed by atoms with van der Waals surface area (Å²) in [6, 6.07) is 2.54. The van der Waals surface area contributed by atoms with Crippen molar-refractivity contribution >= 4 is 16.9 Å². The fourth-order valence-corrected chi connectivity index (χ4v) is 2.75. The van der Waals surface area contributed by atoms with Crippen molar-refractivity contribution in [2.45, 2.75) is 32.9 Å². The highest BCUT2D eigenvalue weighted by Crippen LogP contribution is 2.19. The van der Waals surface area contributed by atoms with Crippen LogP contribution < -0.4 is 5.32 Å². The third kappa shape index (κ3) is 3.30. The minimum Gasteiger partial charge on any atom is -0.472 e. The molecular weight excluding hydrogens is 220 g/mol. The molecule has 1 aromatic heterocycles. The lowest BCUT2D eigenvalue weighted by molar-refractivity contribution is 0.502. The van der Waals surface area contributed by atoms with Gasteiger partial charge in [0.2, 0.25) is 0 Å². The van der Waals surface area contributed by atoms with Crippen molar-refractivity contribution < 1.29 is 4.42 Å². The van der Waals surface area contributed by atoms with Crippen LogP contribution in [0.25, 0.3) is 0 Å². The van der Waals surface area contributed by atoms with Crippen molar-refractivity contribution in [1.29, 1.82) is 0 Å². The largest absolute Gasteiger partial charge is 0.472 e. The average molecular weight is 238 g/mol. The van der Waals surface area contributed by atoms with Gasteiger partial charge in [-0.05, 0) is 18.4 Å². The summed E-state index contributed by atoms with van der Waals surface area (Å²) >= 11 is 1.82. The number of thioether (sulfide) groups is 1. The summed E-state index contributed by atoms with van der Waals surface area (Å²) in [7, 11) is 0. The van der Waals surface area contributed by atoms with E-state index in [9.17, 15) is 0 Å². The maximum atomic E-state index is 5.01. The second kappa shape index (κ2) is 5.43. The van der Waals surface area contributed by atoms with Crippen LogP contribution in [-0.2, 0) is 6.54 Å². The Morgan fingerprint density at radius 1 is 1.62 bits per heavy atom. The third-order valence-corrected chi connectivity index (χ3v) is 3.58. The molecule has 2 heterocycles. The van der Waals surface area contributed by atoms with Crippen LogP contribution in [0, 0.1) is 5.92 Å². The standard InChI is InChI=1S/C12H18N2OS/c1-9(2)5-11-8-16-12(14-11)13-6-10-3-4-15-7-10/h3-4,7,9,11H,5-6,8H2,1-2H3,(H,13,14). The molecule has 1 aliphatic rings. The summed E-state index contributed by atoms with van der Waals surface area (Å²) in [6.45, 7) is 5.22. The van der Waals surface area contributed by atoms with E-state index in [0.29, 0.717) is 12.6 Å². The number of nitrogens with zero attached hydrogens (tertiary/aromatic N) is 1. The highest BCUT2D eigenvalue weighted by atomic mass is 32.2. The Balaban J connectivity index is 1.81. The van der Waals surface area contributed by atoms with Crippen molar-refractivity contribution in [2.24, 2.45) is 10.9 Å². The molecule has 0 spiro atoms. The highest BCUT2D eigenvalue weighted by molar-refractivity contribution is 8.14. The molecule has 0 radical (unpaired) electrons. The Morgan fingerprint density at radius 3 is 3.19 bits per heavy atom. The van der Waals surface area contributed by atoms with Crippen molar-refractivity contribution in [3.05, 3.63) is 24.2 Å². The summed E-state index contributed by atoms with van der Waals surface area (Å²) < 4.78 is 5.01. The fourth-order valence-electron chi connectivity index (χ4n) is 1.77. The van der Waals surface area contributed by atoms with Crippen LogP contribution in [0.1, 0.15) is 25.8 Å². The van der Waals surface area contributed by atoms with Gasteiger partial charge in [-0.1, -0.05) is 25.6 Å². The number of hydrogen-bond donors (Lipinski definition) is 1. The van der Waals surface area contributed by atoms with Gasteiger partial charge in [0.1, 0.15) is 0 Å². The zero-order valence-corrected chi connectivity index (χ0v) is 10.6. The molecule has 1 fully saturated rings. The molecule has 0 aromatic carbocycles. The lowest BCUT2D eigenvalue weighted by Crippen LogP contribution is -2.28. The van der Waals surface area contributed by atoms with Gasteiger partial charge in [-0.15, -0.1) is 0 Å². The predicted octanol–water partition coefficient (Wildman–Crippen LogP) is 2.89. The molecule has 3 nitrogen and oxygen atoms in total. The Labute approximate surface area is 101 Å². The molecule has 4 heteroatoms. The zero-order chi connectivity index (χ0) is 11.4. The van der Waals surface area contributed by atoms with E-state index >= 15 is 0 Å². The van der Waals surface area contributed by atoms with E-state index in [4.69, 9.17) is 4.42 Å². The minimum atomic E-state index is 0.591. The van der Waals surface area contributed by atoms with Crippen LogP contribution in [0.4, 0.5) is 0 Å². The Kier molecular flexibility index (Phi) is 3.93. The van der Waals surface area contributed by atoms with Gasteiger partial charge in [-0.3, -0.25) is 4.99 Å². The van der Waals surface area contributed by atoms with Crippen LogP contribution in [0.5, 0.6) is 0 Å². The van der Waals surface area contributed by atoms with E-state index in [2.05, 4.69) is 24.2 Å². The molecule has 1 unspecified atom stereocenters. The molecule has 88 valence electrons.